The number of carbonyl (C=O) groups excluding carboxylic acids is 3. The van der Waals surface area contributed by atoms with Crippen molar-refractivity contribution in [2.75, 3.05) is 6.61 Å². The van der Waals surface area contributed by atoms with Crippen molar-refractivity contribution in [3.8, 4) is 0 Å². The molecule has 1 aromatic heterocycles. The van der Waals surface area contributed by atoms with Crippen molar-refractivity contribution in [3.63, 3.8) is 0 Å². The molecule has 4 atom stereocenters. The average Bonchev–Trinajstić information content (AvgIpc) is 3.28. The van der Waals surface area contributed by atoms with Crippen molar-refractivity contribution in [3.05, 3.63) is 22.4 Å². The SMILES string of the molecule is CCC1OCC(=O)C1NC(=O)[C@H](CCC(C)C(C)C)NC(=O)c1ccsc1. The number of thiophene rings is 1. The predicted octanol–water partition coefficient (Wildman–Crippen LogP) is 2.78. The maximum absolute atomic E-state index is 12.9. The lowest BCUT2D eigenvalue weighted by molar-refractivity contribution is -0.127. The third-order valence-electron chi connectivity index (χ3n) is 5.31. The summed E-state index contributed by atoms with van der Waals surface area (Å²) in [6, 6.07) is 0.419. The van der Waals surface area contributed by atoms with E-state index in [1.807, 2.05) is 12.3 Å². The molecule has 1 saturated heterocycles. The molecule has 0 radical (unpaired) electrons. The first kappa shape index (κ1) is 21.6. The van der Waals surface area contributed by atoms with Gasteiger partial charge in [-0.1, -0.05) is 27.7 Å². The standard InChI is InChI=1S/C20H30N2O4S/c1-5-17-18(16(23)10-26-17)22-20(25)15(7-6-13(4)12(2)3)21-19(24)14-8-9-27-11-14/h8-9,11-13,15,17-18H,5-7,10H2,1-4H3,(H,21,24)(H,22,25)/t13?,15-,17?,18?/m0/s1. The molecule has 1 aliphatic rings. The minimum Gasteiger partial charge on any atom is -0.368 e. The van der Waals surface area contributed by atoms with Crippen LogP contribution < -0.4 is 10.6 Å². The van der Waals surface area contributed by atoms with E-state index in [0.717, 1.165) is 6.42 Å². The average molecular weight is 395 g/mol. The summed E-state index contributed by atoms with van der Waals surface area (Å²) >= 11 is 1.43. The second kappa shape index (κ2) is 9.99. The Bertz CT molecular complexity index is 644. The second-order valence-electron chi connectivity index (χ2n) is 7.55. The van der Waals surface area contributed by atoms with Crippen LogP contribution >= 0.6 is 11.3 Å². The minimum absolute atomic E-state index is 0.0275. The van der Waals surface area contributed by atoms with Crippen molar-refractivity contribution in [2.24, 2.45) is 11.8 Å². The summed E-state index contributed by atoms with van der Waals surface area (Å²) in [5.74, 6) is 0.217. The summed E-state index contributed by atoms with van der Waals surface area (Å²) in [7, 11) is 0. The van der Waals surface area contributed by atoms with Crippen LogP contribution in [-0.4, -0.2) is 42.4 Å². The van der Waals surface area contributed by atoms with E-state index in [0.29, 0.717) is 30.2 Å². The Hall–Kier alpha value is -1.73. The first-order valence-corrected chi connectivity index (χ1v) is 10.6. The van der Waals surface area contributed by atoms with E-state index in [1.165, 1.54) is 11.3 Å². The van der Waals surface area contributed by atoms with Gasteiger partial charge in [-0.15, -0.1) is 0 Å². The topological polar surface area (TPSA) is 84.5 Å². The quantitative estimate of drug-likeness (QED) is 0.674. The molecule has 2 heterocycles. The second-order valence-corrected chi connectivity index (χ2v) is 8.33. The molecular formula is C20H30N2O4S. The maximum atomic E-state index is 12.9. The highest BCUT2D eigenvalue weighted by Crippen LogP contribution is 2.19. The van der Waals surface area contributed by atoms with Crippen LogP contribution in [0.3, 0.4) is 0 Å². The molecular weight excluding hydrogens is 364 g/mol. The zero-order chi connectivity index (χ0) is 20.0. The van der Waals surface area contributed by atoms with Gasteiger partial charge in [0.15, 0.2) is 5.78 Å². The van der Waals surface area contributed by atoms with Gasteiger partial charge in [-0.05, 0) is 42.5 Å². The van der Waals surface area contributed by atoms with Gasteiger partial charge in [-0.2, -0.15) is 11.3 Å². The van der Waals surface area contributed by atoms with Gasteiger partial charge in [0.2, 0.25) is 5.91 Å². The van der Waals surface area contributed by atoms with Crippen molar-refractivity contribution < 1.29 is 19.1 Å². The number of rotatable bonds is 9. The van der Waals surface area contributed by atoms with Gasteiger partial charge in [-0.3, -0.25) is 14.4 Å². The number of Topliss-reactive ketones (excluding diaryl/α,β-unsaturated/α-hetero) is 1. The van der Waals surface area contributed by atoms with E-state index >= 15 is 0 Å². The molecule has 150 valence electrons. The molecule has 2 rings (SSSR count). The highest BCUT2D eigenvalue weighted by Gasteiger charge is 2.37. The largest absolute Gasteiger partial charge is 0.368 e. The van der Waals surface area contributed by atoms with Crippen LogP contribution in [0.15, 0.2) is 16.8 Å². The molecule has 1 fully saturated rings. The number of carbonyl (C=O) groups is 3. The number of nitrogens with one attached hydrogen (secondary N) is 2. The van der Waals surface area contributed by atoms with Gasteiger partial charge >= 0.3 is 0 Å². The minimum atomic E-state index is -0.676. The normalized spacial score (nSPS) is 21.9. The summed E-state index contributed by atoms with van der Waals surface area (Å²) < 4.78 is 5.43. The van der Waals surface area contributed by atoms with E-state index in [9.17, 15) is 14.4 Å². The summed E-state index contributed by atoms with van der Waals surface area (Å²) in [5, 5.41) is 9.22. The van der Waals surface area contributed by atoms with Gasteiger partial charge in [0.05, 0.1) is 11.7 Å². The fraction of sp³-hybridized carbons (Fsp3) is 0.650. The molecule has 0 spiro atoms. The number of hydrogen-bond acceptors (Lipinski definition) is 5. The van der Waals surface area contributed by atoms with Crippen molar-refractivity contribution in [2.45, 2.75) is 65.1 Å². The van der Waals surface area contributed by atoms with Crippen LogP contribution in [0.1, 0.15) is 57.3 Å². The monoisotopic (exact) mass is 394 g/mol. The first-order valence-electron chi connectivity index (χ1n) is 9.61. The van der Waals surface area contributed by atoms with E-state index in [2.05, 4.69) is 31.4 Å². The van der Waals surface area contributed by atoms with Gasteiger partial charge in [0.25, 0.3) is 5.91 Å². The van der Waals surface area contributed by atoms with Gasteiger partial charge in [0, 0.05) is 5.38 Å². The number of ketones is 1. The summed E-state index contributed by atoms with van der Waals surface area (Å²) in [5.41, 5.74) is 0.543. The van der Waals surface area contributed by atoms with E-state index in [4.69, 9.17) is 4.74 Å². The summed E-state index contributed by atoms with van der Waals surface area (Å²) in [6.45, 7) is 8.37. The van der Waals surface area contributed by atoms with Crippen LogP contribution in [-0.2, 0) is 14.3 Å². The first-order chi connectivity index (χ1) is 12.8. The molecule has 0 bridgehead atoms. The molecule has 7 heteroatoms. The maximum Gasteiger partial charge on any atom is 0.252 e. The smallest absolute Gasteiger partial charge is 0.252 e. The predicted molar refractivity (Wildman–Crippen MR) is 106 cm³/mol. The summed E-state index contributed by atoms with van der Waals surface area (Å²) in [4.78, 5) is 37.3. The third kappa shape index (κ3) is 5.87. The van der Waals surface area contributed by atoms with Crippen LogP contribution in [0.25, 0.3) is 0 Å². The Morgan fingerprint density at radius 1 is 1.30 bits per heavy atom. The van der Waals surface area contributed by atoms with Crippen LogP contribution in [0.4, 0.5) is 0 Å². The molecule has 2 N–H and O–H groups in total. The van der Waals surface area contributed by atoms with Crippen molar-refractivity contribution >= 4 is 28.9 Å². The molecule has 1 aliphatic heterocycles. The van der Waals surface area contributed by atoms with Crippen LogP contribution in [0.2, 0.25) is 0 Å². The lowest BCUT2D eigenvalue weighted by Crippen LogP contribution is -2.53. The molecule has 2 amide bonds. The summed E-state index contributed by atoms with van der Waals surface area (Å²) in [6.07, 6.45) is 1.68. The Morgan fingerprint density at radius 2 is 2.04 bits per heavy atom. The Morgan fingerprint density at radius 3 is 2.63 bits per heavy atom. The van der Waals surface area contributed by atoms with Gasteiger partial charge in [0.1, 0.15) is 18.7 Å². The molecule has 0 aromatic carbocycles. The highest BCUT2D eigenvalue weighted by atomic mass is 32.1. The Kier molecular flexibility index (Phi) is 7.98. The highest BCUT2D eigenvalue weighted by molar-refractivity contribution is 7.08. The van der Waals surface area contributed by atoms with Gasteiger partial charge < -0.3 is 15.4 Å². The van der Waals surface area contributed by atoms with Gasteiger partial charge in [-0.25, -0.2) is 0 Å². The molecule has 27 heavy (non-hydrogen) atoms. The van der Waals surface area contributed by atoms with Crippen LogP contribution in [0.5, 0.6) is 0 Å². The lowest BCUT2D eigenvalue weighted by atomic mass is 9.91. The fourth-order valence-corrected chi connectivity index (χ4v) is 3.67. The van der Waals surface area contributed by atoms with Crippen molar-refractivity contribution in [1.82, 2.24) is 10.6 Å². The lowest BCUT2D eigenvalue weighted by Gasteiger charge is -2.24. The van der Waals surface area contributed by atoms with Crippen LogP contribution in [0, 0.1) is 11.8 Å². The van der Waals surface area contributed by atoms with E-state index < -0.39 is 12.1 Å². The number of amides is 2. The molecule has 1 aromatic rings. The van der Waals surface area contributed by atoms with E-state index in [-0.39, 0.29) is 30.3 Å². The molecule has 0 aliphatic carbocycles. The fourth-order valence-electron chi connectivity index (χ4n) is 3.03. The van der Waals surface area contributed by atoms with Crippen molar-refractivity contribution in [1.29, 1.82) is 0 Å². The van der Waals surface area contributed by atoms with E-state index in [1.54, 1.807) is 11.4 Å². The molecule has 6 nitrogen and oxygen atoms in total. The zero-order valence-electron chi connectivity index (χ0n) is 16.5. The Labute approximate surface area is 165 Å². The number of hydrogen-bond donors (Lipinski definition) is 2. The number of ether oxygens (including phenoxy) is 1. The third-order valence-corrected chi connectivity index (χ3v) is 6.00. The Balaban J connectivity index is 2.06. The molecule has 3 unspecified atom stereocenters. The zero-order valence-corrected chi connectivity index (χ0v) is 17.3. The molecule has 0 saturated carbocycles.